The monoisotopic (exact) mass is 194 g/mol. The van der Waals surface area contributed by atoms with Crippen molar-refractivity contribution in [3.63, 3.8) is 0 Å². The molecule has 0 unspecified atom stereocenters. The van der Waals surface area contributed by atoms with Gasteiger partial charge in [0.15, 0.2) is 0 Å². The van der Waals surface area contributed by atoms with Crippen LogP contribution in [0.1, 0.15) is 6.42 Å². The van der Waals surface area contributed by atoms with E-state index in [1.54, 1.807) is 0 Å². The van der Waals surface area contributed by atoms with Crippen LogP contribution >= 0.6 is 0 Å². The number of carboxylic acid groups (broad SMARTS) is 2. The summed E-state index contributed by atoms with van der Waals surface area (Å²) >= 11 is 0. The van der Waals surface area contributed by atoms with Gasteiger partial charge in [0, 0.05) is 19.8 Å². The number of rotatable bonds is 3. The number of aliphatic hydroxyl groups is 2. The van der Waals surface area contributed by atoms with Crippen molar-refractivity contribution in [2.75, 3.05) is 14.2 Å². The van der Waals surface area contributed by atoms with Gasteiger partial charge in [0.05, 0.1) is 6.42 Å². The Morgan fingerprint density at radius 1 is 1.08 bits per heavy atom. The quantitative estimate of drug-likeness (QED) is 0.442. The van der Waals surface area contributed by atoms with Crippen LogP contribution in [-0.2, 0) is 9.59 Å². The van der Waals surface area contributed by atoms with Crippen molar-refractivity contribution in [1.29, 1.82) is 0 Å². The predicted octanol–water partition coefficient (Wildman–Crippen LogP) is -0.681. The lowest BCUT2D eigenvalue weighted by molar-refractivity contribution is -0.139. The maximum Gasteiger partial charge on any atom is 0.331 e. The van der Waals surface area contributed by atoms with E-state index in [1.807, 2.05) is 0 Å². The molecule has 0 aliphatic heterocycles. The highest BCUT2D eigenvalue weighted by Gasteiger charge is 2.07. The van der Waals surface area contributed by atoms with Crippen LogP contribution in [0.15, 0.2) is 12.2 Å². The average molecular weight is 194 g/mol. The number of carbonyl (C=O) groups is 2. The van der Waals surface area contributed by atoms with Crippen molar-refractivity contribution in [3.8, 4) is 0 Å². The molecular formula is C7H14O6. The molecule has 6 nitrogen and oxygen atoms in total. The number of hydrogen-bond acceptors (Lipinski definition) is 4. The van der Waals surface area contributed by atoms with Crippen molar-refractivity contribution >= 4 is 11.9 Å². The molecule has 0 aliphatic carbocycles. The van der Waals surface area contributed by atoms with E-state index in [0.717, 1.165) is 14.2 Å². The van der Waals surface area contributed by atoms with Crippen LogP contribution in [0, 0.1) is 0 Å². The van der Waals surface area contributed by atoms with Crippen molar-refractivity contribution in [2.45, 2.75) is 6.42 Å². The lowest BCUT2D eigenvalue weighted by Gasteiger charge is -1.91. The number of aliphatic hydroxyl groups excluding tert-OH is 2. The van der Waals surface area contributed by atoms with Gasteiger partial charge in [0.2, 0.25) is 0 Å². The van der Waals surface area contributed by atoms with Gasteiger partial charge in [-0.2, -0.15) is 0 Å². The maximum atomic E-state index is 9.87. The molecule has 0 amide bonds. The zero-order valence-electron chi connectivity index (χ0n) is 7.52. The van der Waals surface area contributed by atoms with Gasteiger partial charge in [0.1, 0.15) is 0 Å². The SMILES string of the molecule is C=C(CC(=O)O)C(=O)O.CO.CO. The first-order valence-corrected chi connectivity index (χ1v) is 3.06. The minimum Gasteiger partial charge on any atom is -0.481 e. The van der Waals surface area contributed by atoms with Crippen LogP contribution in [0.5, 0.6) is 0 Å². The van der Waals surface area contributed by atoms with Gasteiger partial charge >= 0.3 is 11.9 Å². The minimum absolute atomic E-state index is 0.303. The van der Waals surface area contributed by atoms with Gasteiger partial charge in [-0.15, -0.1) is 0 Å². The largest absolute Gasteiger partial charge is 0.481 e. The van der Waals surface area contributed by atoms with Crippen molar-refractivity contribution in [2.24, 2.45) is 0 Å². The Labute approximate surface area is 75.8 Å². The first kappa shape index (κ1) is 17.6. The second-order valence-electron chi connectivity index (χ2n) is 1.48. The molecule has 78 valence electrons. The molecule has 0 spiro atoms. The summed E-state index contributed by atoms with van der Waals surface area (Å²) in [7, 11) is 2.00. The molecule has 0 radical (unpaired) electrons. The summed E-state index contributed by atoms with van der Waals surface area (Å²) in [4.78, 5) is 19.7. The third kappa shape index (κ3) is 18.0. The third-order valence-electron chi connectivity index (χ3n) is 0.667. The Hall–Kier alpha value is -1.40. The van der Waals surface area contributed by atoms with E-state index >= 15 is 0 Å². The van der Waals surface area contributed by atoms with Gasteiger partial charge in [-0.05, 0) is 0 Å². The highest BCUT2D eigenvalue weighted by Crippen LogP contribution is 1.95. The molecule has 0 heterocycles. The van der Waals surface area contributed by atoms with Crippen LogP contribution in [0.3, 0.4) is 0 Å². The highest BCUT2D eigenvalue weighted by atomic mass is 16.4. The summed E-state index contributed by atoms with van der Waals surface area (Å²) < 4.78 is 0. The maximum absolute atomic E-state index is 9.87. The molecule has 0 bridgehead atoms. The highest BCUT2D eigenvalue weighted by molar-refractivity contribution is 5.91. The van der Waals surface area contributed by atoms with Crippen LogP contribution in [0.4, 0.5) is 0 Å². The summed E-state index contributed by atoms with van der Waals surface area (Å²) in [6.07, 6.45) is -0.505. The van der Waals surface area contributed by atoms with E-state index in [0.29, 0.717) is 0 Å². The van der Waals surface area contributed by atoms with Gasteiger partial charge in [-0.1, -0.05) is 6.58 Å². The fourth-order valence-corrected chi connectivity index (χ4v) is 0.258. The molecule has 0 fully saturated rings. The van der Waals surface area contributed by atoms with Gasteiger partial charge in [-0.3, -0.25) is 4.79 Å². The number of carboxylic acids is 2. The van der Waals surface area contributed by atoms with Gasteiger partial charge in [-0.25, -0.2) is 4.79 Å². The fraction of sp³-hybridized carbons (Fsp3) is 0.429. The van der Waals surface area contributed by atoms with Crippen molar-refractivity contribution < 1.29 is 30.0 Å². The average Bonchev–Trinajstić information content (AvgIpc) is 2.10. The molecule has 0 aliphatic rings. The van der Waals surface area contributed by atoms with Crippen molar-refractivity contribution in [3.05, 3.63) is 12.2 Å². The molecule has 0 rings (SSSR count). The first-order chi connectivity index (χ1) is 6.04. The number of hydrogen-bond donors (Lipinski definition) is 4. The normalized spacial score (nSPS) is 6.77. The molecular weight excluding hydrogens is 180 g/mol. The Bertz CT molecular complexity index is 162. The van der Waals surface area contributed by atoms with Crippen LogP contribution in [-0.4, -0.2) is 46.6 Å². The molecule has 13 heavy (non-hydrogen) atoms. The minimum atomic E-state index is -1.27. The van der Waals surface area contributed by atoms with Gasteiger partial charge in [0.25, 0.3) is 0 Å². The Balaban J connectivity index is -0.000000218. The zero-order valence-corrected chi connectivity index (χ0v) is 7.52. The fourth-order valence-electron chi connectivity index (χ4n) is 0.258. The lowest BCUT2D eigenvalue weighted by Crippen LogP contribution is -2.04. The molecule has 0 atom stereocenters. The Morgan fingerprint density at radius 3 is 1.46 bits per heavy atom. The van der Waals surface area contributed by atoms with E-state index in [9.17, 15) is 9.59 Å². The Kier molecular flexibility index (Phi) is 17.9. The van der Waals surface area contributed by atoms with E-state index in [4.69, 9.17) is 20.4 Å². The summed E-state index contributed by atoms with van der Waals surface area (Å²) in [5.41, 5.74) is -0.303. The number of aliphatic carboxylic acids is 2. The van der Waals surface area contributed by atoms with E-state index in [2.05, 4.69) is 6.58 Å². The molecule has 0 saturated carbocycles. The smallest absolute Gasteiger partial charge is 0.331 e. The summed E-state index contributed by atoms with van der Waals surface area (Å²) in [6.45, 7) is 3.01. The molecule has 0 aromatic heterocycles. The first-order valence-electron chi connectivity index (χ1n) is 3.06. The van der Waals surface area contributed by atoms with Gasteiger partial charge < -0.3 is 20.4 Å². The lowest BCUT2D eigenvalue weighted by atomic mass is 10.2. The topological polar surface area (TPSA) is 115 Å². The van der Waals surface area contributed by atoms with E-state index in [1.165, 1.54) is 0 Å². The van der Waals surface area contributed by atoms with Crippen LogP contribution in [0.2, 0.25) is 0 Å². The molecule has 6 heteroatoms. The molecule has 4 N–H and O–H groups in total. The predicted molar refractivity (Wildman–Crippen MR) is 45.3 cm³/mol. The van der Waals surface area contributed by atoms with E-state index < -0.39 is 18.4 Å². The molecule has 0 aromatic rings. The van der Waals surface area contributed by atoms with E-state index in [-0.39, 0.29) is 5.57 Å². The second-order valence-corrected chi connectivity index (χ2v) is 1.48. The molecule has 0 saturated heterocycles. The summed E-state index contributed by atoms with van der Waals surface area (Å²) in [5.74, 6) is -2.44. The molecule has 0 aromatic carbocycles. The van der Waals surface area contributed by atoms with Crippen molar-refractivity contribution in [1.82, 2.24) is 0 Å². The Morgan fingerprint density at radius 2 is 1.38 bits per heavy atom. The standard InChI is InChI=1S/C5H6O4.2CH4O/c1-3(5(8)9)2-4(6)7;2*1-2/h1-2H2,(H,6,7)(H,8,9);2*2H,1H3. The zero-order chi connectivity index (χ0) is 11.4. The summed E-state index contributed by atoms with van der Waals surface area (Å²) in [6, 6.07) is 0. The second kappa shape index (κ2) is 13.2. The van der Waals surface area contributed by atoms with Crippen LogP contribution < -0.4 is 0 Å². The summed E-state index contributed by atoms with van der Waals surface area (Å²) in [5, 5.41) is 30.1. The third-order valence-corrected chi connectivity index (χ3v) is 0.667. The van der Waals surface area contributed by atoms with Crippen LogP contribution in [0.25, 0.3) is 0 Å².